The molecule has 3 heterocycles. The number of nitrogens with one attached hydrogen (secondary N) is 1. The number of hydrogen-bond donors (Lipinski definition) is 1. The second-order valence-corrected chi connectivity index (χ2v) is 4.81. The van der Waals surface area contributed by atoms with E-state index in [4.69, 9.17) is 0 Å². The maximum Gasteiger partial charge on any atom is 0.258 e. The van der Waals surface area contributed by atoms with Crippen LogP contribution in [0.1, 0.15) is 21.7 Å². The van der Waals surface area contributed by atoms with Crippen LogP contribution in [0.25, 0.3) is 5.82 Å². The van der Waals surface area contributed by atoms with Gasteiger partial charge in [0, 0.05) is 18.5 Å². The summed E-state index contributed by atoms with van der Waals surface area (Å²) in [5, 5.41) is 15.3. The fourth-order valence-electron chi connectivity index (χ4n) is 1.95. The summed E-state index contributed by atoms with van der Waals surface area (Å²) >= 11 is 0. The summed E-state index contributed by atoms with van der Waals surface area (Å²) in [6, 6.07) is 8.82. The summed E-state index contributed by atoms with van der Waals surface area (Å²) in [4.78, 5) is 16.2. The van der Waals surface area contributed by atoms with Gasteiger partial charge in [-0.15, -0.1) is 5.10 Å². The molecular weight excluding hydrogens is 280 g/mol. The van der Waals surface area contributed by atoms with E-state index in [2.05, 4.69) is 25.6 Å². The van der Waals surface area contributed by atoms with E-state index in [1.165, 1.54) is 6.20 Å². The highest BCUT2D eigenvalue weighted by Crippen LogP contribution is 2.16. The number of aromatic nitrogens is 5. The van der Waals surface area contributed by atoms with Gasteiger partial charge >= 0.3 is 0 Å². The van der Waals surface area contributed by atoms with Gasteiger partial charge in [-0.25, -0.2) is 0 Å². The van der Waals surface area contributed by atoms with Gasteiger partial charge in [0.15, 0.2) is 5.82 Å². The molecule has 1 amide bonds. The molecule has 1 N–H and O–H groups in total. The van der Waals surface area contributed by atoms with E-state index in [0.29, 0.717) is 17.2 Å². The zero-order chi connectivity index (χ0) is 15.5. The molecule has 0 aliphatic rings. The van der Waals surface area contributed by atoms with Gasteiger partial charge in [0.25, 0.3) is 5.91 Å². The molecule has 0 unspecified atom stereocenters. The van der Waals surface area contributed by atoms with Crippen LogP contribution in [0, 0.1) is 13.8 Å². The number of hydrogen-bond acceptors (Lipinski definition) is 5. The van der Waals surface area contributed by atoms with Crippen LogP contribution in [0.5, 0.6) is 0 Å². The summed E-state index contributed by atoms with van der Waals surface area (Å²) in [7, 11) is 0. The van der Waals surface area contributed by atoms with Crippen molar-refractivity contribution in [2.45, 2.75) is 13.8 Å². The second-order valence-electron chi connectivity index (χ2n) is 4.81. The number of carbonyl (C=O) groups is 1. The average molecular weight is 294 g/mol. The normalized spacial score (nSPS) is 10.5. The molecule has 0 aromatic carbocycles. The first-order valence-electron chi connectivity index (χ1n) is 6.72. The van der Waals surface area contributed by atoms with Crippen molar-refractivity contribution in [2.75, 3.05) is 5.32 Å². The Morgan fingerprint density at radius 2 is 2.00 bits per heavy atom. The minimum atomic E-state index is -0.255. The van der Waals surface area contributed by atoms with Crippen LogP contribution >= 0.6 is 0 Å². The summed E-state index contributed by atoms with van der Waals surface area (Å²) in [5.74, 6) is 0.819. The fourth-order valence-corrected chi connectivity index (χ4v) is 1.95. The molecule has 3 aromatic rings. The van der Waals surface area contributed by atoms with Crippen LogP contribution in [0.4, 0.5) is 5.82 Å². The summed E-state index contributed by atoms with van der Waals surface area (Å²) < 4.78 is 1.55. The first-order chi connectivity index (χ1) is 10.6. The lowest BCUT2D eigenvalue weighted by molar-refractivity contribution is 0.102. The van der Waals surface area contributed by atoms with Crippen molar-refractivity contribution in [2.24, 2.45) is 0 Å². The molecule has 0 aliphatic carbocycles. The molecule has 7 nitrogen and oxygen atoms in total. The van der Waals surface area contributed by atoms with E-state index in [1.54, 1.807) is 35.1 Å². The standard InChI is InChI=1S/C15H14N6O/c1-10-5-6-13(19-18-10)21-14(8-11(2)20-21)17-15(22)12-4-3-7-16-9-12/h3-9H,1-2H3,(H,17,22). The topological polar surface area (TPSA) is 85.6 Å². The maximum atomic E-state index is 12.2. The predicted molar refractivity (Wildman–Crippen MR) is 80.8 cm³/mol. The van der Waals surface area contributed by atoms with E-state index >= 15 is 0 Å². The summed E-state index contributed by atoms with van der Waals surface area (Å²) in [6.45, 7) is 3.70. The zero-order valence-electron chi connectivity index (χ0n) is 12.2. The van der Waals surface area contributed by atoms with Crippen LogP contribution in [0.15, 0.2) is 42.7 Å². The van der Waals surface area contributed by atoms with Crippen molar-refractivity contribution in [3.05, 3.63) is 59.7 Å². The molecule has 110 valence electrons. The number of amides is 1. The number of aryl methyl sites for hydroxylation is 2. The maximum absolute atomic E-state index is 12.2. The minimum absolute atomic E-state index is 0.255. The Bertz CT molecular complexity index is 795. The molecule has 0 spiro atoms. The van der Waals surface area contributed by atoms with Gasteiger partial charge in [-0.1, -0.05) is 0 Å². The Balaban J connectivity index is 1.92. The minimum Gasteiger partial charge on any atom is -0.306 e. The largest absolute Gasteiger partial charge is 0.306 e. The third-order valence-corrected chi connectivity index (χ3v) is 3.00. The lowest BCUT2D eigenvalue weighted by atomic mass is 10.3. The first kappa shape index (κ1) is 13.9. The SMILES string of the molecule is Cc1ccc(-n2nc(C)cc2NC(=O)c2cccnc2)nn1. The summed E-state index contributed by atoms with van der Waals surface area (Å²) in [5.41, 5.74) is 2.06. The third-order valence-electron chi connectivity index (χ3n) is 3.00. The van der Waals surface area contributed by atoms with Crippen LogP contribution in [-0.4, -0.2) is 30.9 Å². The second kappa shape index (κ2) is 5.72. The van der Waals surface area contributed by atoms with Crippen molar-refractivity contribution in [1.29, 1.82) is 0 Å². The monoisotopic (exact) mass is 294 g/mol. The van der Waals surface area contributed by atoms with Crippen LogP contribution in [0.3, 0.4) is 0 Å². The predicted octanol–water partition coefficient (Wildman–Crippen LogP) is 1.93. The number of rotatable bonds is 3. The van der Waals surface area contributed by atoms with E-state index in [-0.39, 0.29) is 5.91 Å². The number of anilines is 1. The van der Waals surface area contributed by atoms with Gasteiger partial charge in [0.2, 0.25) is 0 Å². The molecule has 0 aliphatic heterocycles. The lowest BCUT2D eigenvalue weighted by Gasteiger charge is -2.07. The molecule has 0 radical (unpaired) electrons. The lowest BCUT2D eigenvalue weighted by Crippen LogP contribution is -2.16. The smallest absolute Gasteiger partial charge is 0.258 e. The highest BCUT2D eigenvalue weighted by atomic mass is 16.1. The zero-order valence-corrected chi connectivity index (χ0v) is 12.2. The first-order valence-corrected chi connectivity index (χ1v) is 6.72. The van der Waals surface area contributed by atoms with Crippen molar-refractivity contribution < 1.29 is 4.79 Å². The molecule has 0 saturated heterocycles. The molecular formula is C15H14N6O. The van der Waals surface area contributed by atoms with Crippen molar-refractivity contribution in [3.8, 4) is 5.82 Å². The average Bonchev–Trinajstić information content (AvgIpc) is 2.89. The van der Waals surface area contributed by atoms with Crippen molar-refractivity contribution >= 4 is 11.7 Å². The Morgan fingerprint density at radius 1 is 1.14 bits per heavy atom. The fraction of sp³-hybridized carbons (Fsp3) is 0.133. The molecule has 22 heavy (non-hydrogen) atoms. The quantitative estimate of drug-likeness (QED) is 0.797. The highest BCUT2D eigenvalue weighted by Gasteiger charge is 2.13. The van der Waals surface area contributed by atoms with E-state index in [0.717, 1.165) is 11.4 Å². The van der Waals surface area contributed by atoms with Gasteiger partial charge in [-0.2, -0.15) is 14.9 Å². The Hall–Kier alpha value is -3.09. The van der Waals surface area contributed by atoms with Crippen molar-refractivity contribution in [1.82, 2.24) is 25.0 Å². The third kappa shape index (κ3) is 2.83. The van der Waals surface area contributed by atoms with E-state index in [1.807, 2.05) is 19.9 Å². The van der Waals surface area contributed by atoms with E-state index < -0.39 is 0 Å². The van der Waals surface area contributed by atoms with Crippen molar-refractivity contribution in [3.63, 3.8) is 0 Å². The van der Waals surface area contributed by atoms with Gasteiger partial charge < -0.3 is 5.32 Å². The number of carbonyl (C=O) groups excluding carboxylic acids is 1. The van der Waals surface area contributed by atoms with Gasteiger partial charge in [-0.3, -0.25) is 9.78 Å². The Labute approximate surface area is 127 Å². The van der Waals surface area contributed by atoms with Gasteiger partial charge in [0.05, 0.1) is 17.0 Å². The Morgan fingerprint density at radius 3 is 2.68 bits per heavy atom. The highest BCUT2D eigenvalue weighted by molar-refractivity contribution is 6.03. The van der Waals surface area contributed by atoms with Crippen LogP contribution < -0.4 is 5.32 Å². The number of pyridine rings is 1. The van der Waals surface area contributed by atoms with Gasteiger partial charge in [-0.05, 0) is 38.1 Å². The molecule has 3 aromatic heterocycles. The number of nitrogens with zero attached hydrogens (tertiary/aromatic N) is 5. The Kier molecular flexibility index (Phi) is 3.61. The summed E-state index contributed by atoms with van der Waals surface area (Å²) in [6.07, 6.45) is 3.13. The van der Waals surface area contributed by atoms with Gasteiger partial charge in [0.1, 0.15) is 5.82 Å². The molecule has 0 bridgehead atoms. The van der Waals surface area contributed by atoms with Crippen LogP contribution in [0.2, 0.25) is 0 Å². The van der Waals surface area contributed by atoms with Crippen LogP contribution in [-0.2, 0) is 0 Å². The molecule has 0 saturated carbocycles. The van der Waals surface area contributed by atoms with E-state index in [9.17, 15) is 4.79 Å². The molecule has 0 fully saturated rings. The molecule has 0 atom stereocenters. The molecule has 3 rings (SSSR count). The molecule has 7 heteroatoms.